The van der Waals surface area contributed by atoms with Crippen molar-refractivity contribution in [1.82, 2.24) is 10.6 Å². The van der Waals surface area contributed by atoms with E-state index >= 15 is 0 Å². The molecule has 0 aromatic heterocycles. The van der Waals surface area contributed by atoms with Gasteiger partial charge in [0.2, 0.25) is 12.3 Å². The molecule has 0 aromatic carbocycles. The van der Waals surface area contributed by atoms with Crippen molar-refractivity contribution < 1.29 is 9.59 Å². The first-order valence-corrected chi connectivity index (χ1v) is 3.69. The maximum Gasteiger partial charge on any atom is 0.243 e. The highest BCUT2D eigenvalue weighted by Gasteiger charge is 2.09. The summed E-state index contributed by atoms with van der Waals surface area (Å²) in [5.74, 6) is -0.284. The van der Waals surface area contributed by atoms with Crippen LogP contribution in [0.2, 0.25) is 0 Å². The minimum Gasteiger partial charge on any atom is -0.306 e. The van der Waals surface area contributed by atoms with Crippen LogP contribution in [-0.4, -0.2) is 24.9 Å². The van der Waals surface area contributed by atoms with E-state index in [0.717, 1.165) is 13.0 Å². The lowest BCUT2D eigenvalue weighted by Gasteiger charge is -2.09. The van der Waals surface area contributed by atoms with Crippen LogP contribution in [0.15, 0.2) is 0 Å². The Hall–Kier alpha value is -0.900. The smallest absolute Gasteiger partial charge is 0.243 e. The molecule has 0 aliphatic rings. The zero-order valence-electron chi connectivity index (χ0n) is 6.89. The molecule has 2 amide bonds. The van der Waals surface area contributed by atoms with Gasteiger partial charge in [-0.2, -0.15) is 0 Å². The van der Waals surface area contributed by atoms with Gasteiger partial charge in [-0.3, -0.25) is 14.9 Å². The zero-order valence-corrected chi connectivity index (χ0v) is 6.89. The van der Waals surface area contributed by atoms with Gasteiger partial charge in [0.1, 0.15) is 0 Å². The summed E-state index contributed by atoms with van der Waals surface area (Å²) in [5, 5.41) is 5.02. The van der Waals surface area contributed by atoms with Crippen LogP contribution in [0, 0.1) is 0 Å². The highest BCUT2D eigenvalue weighted by molar-refractivity contribution is 5.89. The summed E-state index contributed by atoms with van der Waals surface area (Å²) >= 11 is 0. The highest BCUT2D eigenvalue weighted by atomic mass is 16.2. The van der Waals surface area contributed by atoms with E-state index in [4.69, 9.17) is 0 Å². The first-order valence-electron chi connectivity index (χ1n) is 3.69. The third kappa shape index (κ3) is 4.50. The summed E-state index contributed by atoms with van der Waals surface area (Å²) in [6, 6.07) is -0.292. The quantitative estimate of drug-likeness (QED) is 0.537. The number of rotatable bonds is 5. The van der Waals surface area contributed by atoms with Crippen LogP contribution in [-0.2, 0) is 9.59 Å². The molecule has 0 rings (SSSR count). The molecule has 1 atom stereocenters. The molecule has 0 saturated carbocycles. The molecule has 0 saturated heterocycles. The number of hydrogen-bond donors (Lipinski definition) is 2. The van der Waals surface area contributed by atoms with Crippen LogP contribution in [0.5, 0.6) is 0 Å². The number of hydrogen-bond acceptors (Lipinski definition) is 3. The first-order chi connectivity index (χ1) is 5.22. The van der Waals surface area contributed by atoms with E-state index in [1.54, 1.807) is 6.92 Å². The Morgan fingerprint density at radius 2 is 2.27 bits per heavy atom. The third-order valence-corrected chi connectivity index (χ3v) is 1.29. The average Bonchev–Trinajstić information content (AvgIpc) is 2.00. The van der Waals surface area contributed by atoms with Crippen molar-refractivity contribution in [3.63, 3.8) is 0 Å². The summed E-state index contributed by atoms with van der Waals surface area (Å²) in [4.78, 5) is 20.7. The summed E-state index contributed by atoms with van der Waals surface area (Å²) in [5.41, 5.74) is 0. The molecule has 4 nitrogen and oxygen atoms in total. The van der Waals surface area contributed by atoms with Gasteiger partial charge >= 0.3 is 0 Å². The minimum absolute atomic E-state index is 0.284. The molecule has 4 heteroatoms. The van der Waals surface area contributed by atoms with Gasteiger partial charge in [0.05, 0.1) is 6.04 Å². The summed E-state index contributed by atoms with van der Waals surface area (Å²) < 4.78 is 0. The molecular weight excluding hydrogens is 144 g/mol. The number of carbonyl (C=O) groups excluding carboxylic acids is 2. The Kier molecular flexibility index (Phi) is 5.37. The largest absolute Gasteiger partial charge is 0.306 e. The summed E-state index contributed by atoms with van der Waals surface area (Å²) in [6.45, 7) is 4.51. The fraction of sp³-hybridized carbons (Fsp3) is 0.714. The van der Waals surface area contributed by atoms with Gasteiger partial charge in [0.15, 0.2) is 0 Å². The van der Waals surface area contributed by atoms with Crippen molar-refractivity contribution >= 4 is 12.3 Å². The Labute approximate surface area is 66.4 Å². The standard InChI is InChI=1S/C7H14N2O2/c1-3-4-8-6(2)7(11)9-5-10/h5-6,8H,3-4H2,1-2H3,(H,9,10,11). The van der Waals surface area contributed by atoms with E-state index in [1.807, 2.05) is 6.92 Å². The first kappa shape index (κ1) is 10.1. The van der Waals surface area contributed by atoms with Gasteiger partial charge in [-0.15, -0.1) is 0 Å². The van der Waals surface area contributed by atoms with Crippen molar-refractivity contribution in [3.8, 4) is 0 Å². The molecule has 0 aromatic rings. The molecular formula is C7H14N2O2. The highest BCUT2D eigenvalue weighted by Crippen LogP contribution is 1.81. The topological polar surface area (TPSA) is 58.2 Å². The van der Waals surface area contributed by atoms with Crippen molar-refractivity contribution in [2.45, 2.75) is 26.3 Å². The Morgan fingerprint density at radius 3 is 2.73 bits per heavy atom. The fourth-order valence-corrected chi connectivity index (χ4v) is 0.637. The Balaban J connectivity index is 3.54. The van der Waals surface area contributed by atoms with Crippen LogP contribution in [0.25, 0.3) is 0 Å². The second-order valence-corrected chi connectivity index (χ2v) is 2.30. The van der Waals surface area contributed by atoms with Crippen molar-refractivity contribution in [1.29, 1.82) is 0 Å². The lowest BCUT2D eigenvalue weighted by molar-refractivity contribution is -0.126. The number of imide groups is 1. The monoisotopic (exact) mass is 158 g/mol. The minimum atomic E-state index is -0.292. The lowest BCUT2D eigenvalue weighted by atomic mass is 10.3. The van der Waals surface area contributed by atoms with Crippen molar-refractivity contribution in [2.75, 3.05) is 6.54 Å². The second kappa shape index (κ2) is 5.85. The van der Waals surface area contributed by atoms with Gasteiger partial charge < -0.3 is 5.32 Å². The number of nitrogens with one attached hydrogen (secondary N) is 2. The lowest BCUT2D eigenvalue weighted by Crippen LogP contribution is -2.41. The maximum atomic E-state index is 10.8. The van der Waals surface area contributed by atoms with Crippen molar-refractivity contribution in [2.24, 2.45) is 0 Å². The molecule has 0 bridgehead atoms. The average molecular weight is 158 g/mol. The molecule has 0 fully saturated rings. The van der Waals surface area contributed by atoms with Gasteiger partial charge in [0.25, 0.3) is 0 Å². The van der Waals surface area contributed by atoms with Gasteiger partial charge in [-0.25, -0.2) is 0 Å². The normalized spacial score (nSPS) is 12.2. The van der Waals surface area contributed by atoms with Crippen LogP contribution in [0.3, 0.4) is 0 Å². The van der Waals surface area contributed by atoms with E-state index < -0.39 is 0 Å². The van der Waals surface area contributed by atoms with E-state index in [9.17, 15) is 9.59 Å². The molecule has 64 valence electrons. The Morgan fingerprint density at radius 1 is 1.64 bits per heavy atom. The molecule has 0 aliphatic heterocycles. The number of carbonyl (C=O) groups is 2. The predicted octanol–water partition coefficient (Wildman–Crippen LogP) is -0.353. The molecule has 0 radical (unpaired) electrons. The molecule has 11 heavy (non-hydrogen) atoms. The summed E-state index contributed by atoms with van der Waals surface area (Å²) in [7, 11) is 0. The predicted molar refractivity (Wildman–Crippen MR) is 42.0 cm³/mol. The zero-order chi connectivity index (χ0) is 8.69. The second-order valence-electron chi connectivity index (χ2n) is 2.30. The Bertz CT molecular complexity index is 136. The molecule has 0 aliphatic carbocycles. The van der Waals surface area contributed by atoms with E-state index in [1.165, 1.54) is 0 Å². The van der Waals surface area contributed by atoms with E-state index in [-0.39, 0.29) is 11.9 Å². The van der Waals surface area contributed by atoms with Gasteiger partial charge in [-0.1, -0.05) is 6.92 Å². The fourth-order valence-electron chi connectivity index (χ4n) is 0.637. The SMILES string of the molecule is CCCNC(C)C(=O)NC=O. The van der Waals surface area contributed by atoms with Crippen LogP contribution < -0.4 is 10.6 Å². The number of amides is 2. The van der Waals surface area contributed by atoms with Gasteiger partial charge in [-0.05, 0) is 19.9 Å². The van der Waals surface area contributed by atoms with Crippen LogP contribution in [0.4, 0.5) is 0 Å². The van der Waals surface area contributed by atoms with Crippen molar-refractivity contribution in [3.05, 3.63) is 0 Å². The molecule has 2 N–H and O–H groups in total. The van der Waals surface area contributed by atoms with E-state index in [2.05, 4.69) is 10.6 Å². The van der Waals surface area contributed by atoms with Gasteiger partial charge in [0, 0.05) is 0 Å². The van der Waals surface area contributed by atoms with E-state index in [0.29, 0.717) is 6.41 Å². The maximum absolute atomic E-state index is 10.8. The summed E-state index contributed by atoms with van der Waals surface area (Å²) in [6.07, 6.45) is 1.37. The molecule has 1 unspecified atom stereocenters. The molecule has 0 heterocycles. The third-order valence-electron chi connectivity index (χ3n) is 1.29. The van der Waals surface area contributed by atoms with Crippen LogP contribution in [0.1, 0.15) is 20.3 Å². The van der Waals surface area contributed by atoms with Crippen LogP contribution >= 0.6 is 0 Å². The molecule has 0 spiro atoms.